The highest BCUT2D eigenvalue weighted by Gasteiger charge is 2.17. The molecule has 1 atom stereocenters. The number of nitrogens with one attached hydrogen (secondary N) is 1. The SMILES string of the molecule is CCCOc1ccnc(NCC2CCCN(C)C2)n1. The Morgan fingerprint density at radius 3 is 3.21 bits per heavy atom. The van der Waals surface area contributed by atoms with E-state index in [0.29, 0.717) is 24.4 Å². The molecule has 2 heterocycles. The lowest BCUT2D eigenvalue weighted by Gasteiger charge is -2.29. The van der Waals surface area contributed by atoms with Gasteiger partial charge in [-0.05, 0) is 38.8 Å². The molecule has 2 rings (SSSR count). The minimum absolute atomic E-state index is 0.653. The molecule has 0 aromatic carbocycles. The fourth-order valence-electron chi connectivity index (χ4n) is 2.39. The molecule has 1 N–H and O–H groups in total. The number of hydrogen-bond donors (Lipinski definition) is 1. The minimum atomic E-state index is 0.653. The second-order valence-corrected chi connectivity index (χ2v) is 5.22. The van der Waals surface area contributed by atoms with Crippen LogP contribution in [0, 0.1) is 5.92 Å². The molecule has 1 unspecified atom stereocenters. The van der Waals surface area contributed by atoms with Crippen LogP contribution >= 0.6 is 0 Å². The maximum atomic E-state index is 5.51. The molecule has 1 saturated heterocycles. The highest BCUT2D eigenvalue weighted by atomic mass is 16.5. The largest absolute Gasteiger partial charge is 0.478 e. The smallest absolute Gasteiger partial charge is 0.225 e. The van der Waals surface area contributed by atoms with Crippen molar-refractivity contribution in [3.8, 4) is 5.88 Å². The van der Waals surface area contributed by atoms with Gasteiger partial charge in [0.15, 0.2) is 0 Å². The van der Waals surface area contributed by atoms with Gasteiger partial charge in [-0.3, -0.25) is 0 Å². The first-order valence-corrected chi connectivity index (χ1v) is 7.16. The first-order chi connectivity index (χ1) is 9.28. The van der Waals surface area contributed by atoms with Crippen molar-refractivity contribution in [1.29, 1.82) is 0 Å². The fourth-order valence-corrected chi connectivity index (χ4v) is 2.39. The molecule has 5 heteroatoms. The Balaban J connectivity index is 1.81. The van der Waals surface area contributed by atoms with E-state index in [9.17, 15) is 0 Å². The molecule has 1 aromatic heterocycles. The predicted octanol–water partition coefficient (Wildman–Crippen LogP) is 2.02. The number of anilines is 1. The van der Waals surface area contributed by atoms with E-state index < -0.39 is 0 Å². The Labute approximate surface area is 115 Å². The van der Waals surface area contributed by atoms with Crippen molar-refractivity contribution in [2.75, 3.05) is 38.6 Å². The van der Waals surface area contributed by atoms with Crippen LogP contribution in [0.1, 0.15) is 26.2 Å². The van der Waals surface area contributed by atoms with Gasteiger partial charge < -0.3 is 15.0 Å². The number of rotatable bonds is 6. The summed E-state index contributed by atoms with van der Waals surface area (Å²) >= 11 is 0. The summed E-state index contributed by atoms with van der Waals surface area (Å²) in [6, 6.07) is 1.80. The first kappa shape index (κ1) is 14.1. The van der Waals surface area contributed by atoms with E-state index in [0.717, 1.165) is 19.5 Å². The van der Waals surface area contributed by atoms with Gasteiger partial charge in [-0.25, -0.2) is 4.98 Å². The topological polar surface area (TPSA) is 50.3 Å². The number of likely N-dealkylation sites (tertiary alicyclic amines) is 1. The fraction of sp³-hybridized carbons (Fsp3) is 0.714. The monoisotopic (exact) mass is 264 g/mol. The quantitative estimate of drug-likeness (QED) is 0.852. The van der Waals surface area contributed by atoms with Crippen LogP contribution in [-0.2, 0) is 0 Å². The zero-order chi connectivity index (χ0) is 13.5. The van der Waals surface area contributed by atoms with Crippen molar-refractivity contribution in [3.05, 3.63) is 12.3 Å². The van der Waals surface area contributed by atoms with Crippen molar-refractivity contribution < 1.29 is 4.74 Å². The van der Waals surface area contributed by atoms with E-state index in [1.807, 2.05) is 0 Å². The van der Waals surface area contributed by atoms with E-state index in [4.69, 9.17) is 4.74 Å². The van der Waals surface area contributed by atoms with Crippen LogP contribution in [0.25, 0.3) is 0 Å². The molecule has 1 fully saturated rings. The van der Waals surface area contributed by atoms with Crippen LogP contribution in [0.4, 0.5) is 5.95 Å². The van der Waals surface area contributed by atoms with E-state index >= 15 is 0 Å². The van der Waals surface area contributed by atoms with E-state index in [1.54, 1.807) is 12.3 Å². The van der Waals surface area contributed by atoms with Crippen LogP contribution < -0.4 is 10.1 Å². The van der Waals surface area contributed by atoms with E-state index in [2.05, 4.69) is 34.2 Å². The number of nitrogens with zero attached hydrogens (tertiary/aromatic N) is 3. The van der Waals surface area contributed by atoms with Crippen LogP contribution in [0.5, 0.6) is 5.88 Å². The van der Waals surface area contributed by atoms with Gasteiger partial charge in [-0.1, -0.05) is 6.92 Å². The second kappa shape index (κ2) is 7.28. The van der Waals surface area contributed by atoms with Gasteiger partial charge in [-0.15, -0.1) is 0 Å². The Kier molecular flexibility index (Phi) is 5.39. The summed E-state index contributed by atoms with van der Waals surface area (Å²) in [5.74, 6) is 2.00. The summed E-state index contributed by atoms with van der Waals surface area (Å²) in [6.45, 7) is 6.08. The lowest BCUT2D eigenvalue weighted by Crippen LogP contribution is -2.35. The van der Waals surface area contributed by atoms with Gasteiger partial charge in [0.25, 0.3) is 0 Å². The molecule has 0 spiro atoms. The molecule has 0 aliphatic carbocycles. The van der Waals surface area contributed by atoms with Crippen LogP contribution in [0.2, 0.25) is 0 Å². The molecule has 106 valence electrons. The molecule has 0 bridgehead atoms. The first-order valence-electron chi connectivity index (χ1n) is 7.16. The van der Waals surface area contributed by atoms with Gasteiger partial charge in [-0.2, -0.15) is 4.98 Å². The third kappa shape index (κ3) is 4.67. The lowest BCUT2D eigenvalue weighted by atomic mass is 9.99. The number of piperidine rings is 1. The van der Waals surface area contributed by atoms with Gasteiger partial charge in [0.05, 0.1) is 6.61 Å². The molecule has 0 saturated carbocycles. The molecule has 1 aliphatic rings. The van der Waals surface area contributed by atoms with Gasteiger partial charge >= 0.3 is 0 Å². The molecule has 19 heavy (non-hydrogen) atoms. The van der Waals surface area contributed by atoms with Crippen LogP contribution in [0.15, 0.2) is 12.3 Å². The van der Waals surface area contributed by atoms with Gasteiger partial charge in [0, 0.05) is 25.4 Å². The minimum Gasteiger partial charge on any atom is -0.478 e. The molecule has 1 aliphatic heterocycles. The summed E-state index contributed by atoms with van der Waals surface area (Å²) in [4.78, 5) is 11.0. The summed E-state index contributed by atoms with van der Waals surface area (Å²) in [5, 5.41) is 3.32. The maximum absolute atomic E-state index is 5.51. The van der Waals surface area contributed by atoms with Crippen LogP contribution in [0.3, 0.4) is 0 Å². The summed E-state index contributed by atoms with van der Waals surface area (Å²) in [6.07, 6.45) is 5.29. The number of ether oxygens (including phenoxy) is 1. The Morgan fingerprint density at radius 2 is 2.42 bits per heavy atom. The van der Waals surface area contributed by atoms with Crippen molar-refractivity contribution >= 4 is 5.95 Å². The highest BCUT2D eigenvalue weighted by molar-refractivity contribution is 5.27. The zero-order valence-corrected chi connectivity index (χ0v) is 11.9. The zero-order valence-electron chi connectivity index (χ0n) is 11.9. The molecule has 1 aromatic rings. The highest BCUT2D eigenvalue weighted by Crippen LogP contribution is 2.16. The molecule has 0 amide bonds. The van der Waals surface area contributed by atoms with E-state index in [-0.39, 0.29) is 0 Å². The van der Waals surface area contributed by atoms with Crippen molar-refractivity contribution in [2.45, 2.75) is 26.2 Å². The van der Waals surface area contributed by atoms with Crippen molar-refractivity contribution in [1.82, 2.24) is 14.9 Å². The third-order valence-corrected chi connectivity index (χ3v) is 3.36. The Hall–Kier alpha value is -1.36. The molecule has 0 radical (unpaired) electrons. The lowest BCUT2D eigenvalue weighted by molar-refractivity contribution is 0.217. The average Bonchev–Trinajstić information content (AvgIpc) is 2.43. The number of aromatic nitrogens is 2. The second-order valence-electron chi connectivity index (χ2n) is 5.22. The summed E-state index contributed by atoms with van der Waals surface area (Å²) < 4.78 is 5.51. The molecular weight excluding hydrogens is 240 g/mol. The van der Waals surface area contributed by atoms with Gasteiger partial charge in [0.2, 0.25) is 11.8 Å². The van der Waals surface area contributed by atoms with Crippen LogP contribution in [-0.4, -0.2) is 48.2 Å². The molecular formula is C14H24N4O. The van der Waals surface area contributed by atoms with Crippen molar-refractivity contribution in [3.63, 3.8) is 0 Å². The standard InChI is InChI=1S/C14H24N4O/c1-3-9-19-13-6-7-15-14(17-13)16-10-12-5-4-8-18(2)11-12/h6-7,12H,3-5,8-11H2,1-2H3,(H,15,16,17). The predicted molar refractivity (Wildman–Crippen MR) is 76.5 cm³/mol. The molecule has 5 nitrogen and oxygen atoms in total. The number of hydrogen-bond acceptors (Lipinski definition) is 5. The van der Waals surface area contributed by atoms with Gasteiger partial charge in [0.1, 0.15) is 0 Å². The Bertz CT molecular complexity index is 385. The average molecular weight is 264 g/mol. The van der Waals surface area contributed by atoms with E-state index in [1.165, 1.54) is 19.4 Å². The Morgan fingerprint density at radius 1 is 1.53 bits per heavy atom. The third-order valence-electron chi connectivity index (χ3n) is 3.36. The summed E-state index contributed by atoms with van der Waals surface area (Å²) in [5.41, 5.74) is 0. The summed E-state index contributed by atoms with van der Waals surface area (Å²) in [7, 11) is 2.18. The van der Waals surface area contributed by atoms with Crippen molar-refractivity contribution in [2.24, 2.45) is 5.92 Å². The normalized spacial score (nSPS) is 20.2. The maximum Gasteiger partial charge on any atom is 0.225 e.